The lowest BCUT2D eigenvalue weighted by Crippen LogP contribution is -2.36. The molecule has 1 atom stereocenters. The number of carboxylic acid groups (broad SMARTS) is 1. The van der Waals surface area contributed by atoms with Gasteiger partial charge < -0.3 is 10.0 Å². The molecule has 0 bridgehead atoms. The van der Waals surface area contributed by atoms with E-state index < -0.39 is 39.3 Å². The van der Waals surface area contributed by atoms with Crippen molar-refractivity contribution in [2.24, 2.45) is 5.41 Å². The quantitative estimate of drug-likeness (QED) is 0.843. The van der Waals surface area contributed by atoms with Crippen molar-refractivity contribution >= 4 is 27.8 Å². The van der Waals surface area contributed by atoms with Gasteiger partial charge in [0.25, 0.3) is 21.8 Å². The van der Waals surface area contributed by atoms with E-state index in [9.17, 15) is 27.9 Å². The maximum absolute atomic E-state index is 12.7. The summed E-state index contributed by atoms with van der Waals surface area (Å²) < 4.78 is 26.1. The lowest BCUT2D eigenvalue weighted by molar-refractivity contribution is -0.147. The second-order valence-corrected chi connectivity index (χ2v) is 9.04. The number of likely N-dealkylation sites (tertiary alicyclic amines) is 1. The number of fused-ring (bicyclic) bond motifs is 1. The third kappa shape index (κ3) is 2.57. The molecular formula is C17H20N2O6S. The summed E-state index contributed by atoms with van der Waals surface area (Å²) in [4.78, 5) is 37.6. The first kappa shape index (κ1) is 18.4. The molecule has 0 saturated carbocycles. The molecule has 9 heteroatoms. The fourth-order valence-electron chi connectivity index (χ4n) is 3.38. The molecule has 2 aliphatic rings. The van der Waals surface area contributed by atoms with Gasteiger partial charge in [-0.05, 0) is 45.4 Å². The fraction of sp³-hybridized carbons (Fsp3) is 0.471. The second kappa shape index (κ2) is 5.80. The maximum Gasteiger partial charge on any atom is 0.311 e. The Bertz CT molecular complexity index is 923. The summed E-state index contributed by atoms with van der Waals surface area (Å²) >= 11 is 0. The highest BCUT2D eigenvalue weighted by Gasteiger charge is 2.45. The van der Waals surface area contributed by atoms with Crippen molar-refractivity contribution in [1.29, 1.82) is 0 Å². The number of carbonyl (C=O) groups is 3. The van der Waals surface area contributed by atoms with Gasteiger partial charge in [0.05, 0.1) is 11.0 Å². The molecule has 8 nitrogen and oxygen atoms in total. The van der Waals surface area contributed by atoms with Crippen LogP contribution in [-0.4, -0.2) is 59.6 Å². The number of rotatable bonds is 3. The largest absolute Gasteiger partial charge is 0.481 e. The Hall–Kier alpha value is -2.42. The van der Waals surface area contributed by atoms with E-state index in [2.05, 4.69) is 0 Å². The van der Waals surface area contributed by atoms with Gasteiger partial charge in [0.1, 0.15) is 4.90 Å². The second-order valence-electron chi connectivity index (χ2n) is 7.25. The molecule has 1 aromatic rings. The Kier molecular flexibility index (Phi) is 4.10. The van der Waals surface area contributed by atoms with Crippen LogP contribution in [0.15, 0.2) is 23.1 Å². The Labute approximate surface area is 151 Å². The summed E-state index contributed by atoms with van der Waals surface area (Å²) in [7, 11) is -3.99. The number of carboxylic acids is 1. The first-order valence-corrected chi connectivity index (χ1v) is 9.68. The van der Waals surface area contributed by atoms with Crippen LogP contribution in [0.4, 0.5) is 0 Å². The van der Waals surface area contributed by atoms with E-state index >= 15 is 0 Å². The lowest BCUT2D eigenvalue weighted by atomic mass is 9.90. The fourth-order valence-corrected chi connectivity index (χ4v) is 5.18. The van der Waals surface area contributed by atoms with Crippen LogP contribution in [0.25, 0.3) is 0 Å². The van der Waals surface area contributed by atoms with Gasteiger partial charge in [-0.15, -0.1) is 0 Å². The average molecular weight is 380 g/mol. The van der Waals surface area contributed by atoms with Crippen LogP contribution >= 0.6 is 0 Å². The molecule has 1 fully saturated rings. The van der Waals surface area contributed by atoms with Crippen LogP contribution in [0.2, 0.25) is 0 Å². The molecule has 1 unspecified atom stereocenters. The summed E-state index contributed by atoms with van der Waals surface area (Å²) in [5.41, 5.74) is -0.838. The third-order valence-corrected chi connectivity index (χ3v) is 6.94. The highest BCUT2D eigenvalue weighted by atomic mass is 32.2. The van der Waals surface area contributed by atoms with Crippen molar-refractivity contribution < 1.29 is 27.9 Å². The van der Waals surface area contributed by atoms with Gasteiger partial charge in [-0.2, -0.15) is 0 Å². The molecule has 0 aromatic heterocycles. The molecule has 3 rings (SSSR count). The zero-order valence-corrected chi connectivity index (χ0v) is 15.5. The van der Waals surface area contributed by atoms with Crippen LogP contribution in [0.3, 0.4) is 0 Å². The normalized spacial score (nSPS) is 24.2. The van der Waals surface area contributed by atoms with Gasteiger partial charge in [0.2, 0.25) is 0 Å². The molecule has 2 aliphatic heterocycles. The van der Waals surface area contributed by atoms with Crippen molar-refractivity contribution in [3.05, 3.63) is 29.3 Å². The van der Waals surface area contributed by atoms with Crippen LogP contribution in [0.5, 0.6) is 0 Å². The number of sulfonamides is 1. The van der Waals surface area contributed by atoms with Gasteiger partial charge in [-0.1, -0.05) is 0 Å². The SMILES string of the molecule is CC(C)N1C(=O)c2ccc(C(=O)N3CCC(C)(C(=O)O)C3)cc2S1(=O)=O. The topological polar surface area (TPSA) is 112 Å². The molecule has 140 valence electrons. The van der Waals surface area contributed by atoms with Gasteiger partial charge in [0.15, 0.2) is 0 Å². The van der Waals surface area contributed by atoms with E-state index in [0.717, 1.165) is 4.31 Å². The van der Waals surface area contributed by atoms with Crippen LogP contribution in [-0.2, 0) is 14.8 Å². The van der Waals surface area contributed by atoms with E-state index in [-0.39, 0.29) is 29.1 Å². The van der Waals surface area contributed by atoms with Crippen molar-refractivity contribution in [2.75, 3.05) is 13.1 Å². The van der Waals surface area contributed by atoms with Crippen molar-refractivity contribution in [1.82, 2.24) is 9.21 Å². The number of amides is 2. The minimum Gasteiger partial charge on any atom is -0.481 e. The minimum absolute atomic E-state index is 0.0482. The number of nitrogens with zero attached hydrogens (tertiary/aromatic N) is 2. The summed E-state index contributed by atoms with van der Waals surface area (Å²) in [6, 6.07) is 3.43. The third-order valence-electron chi connectivity index (χ3n) is 4.94. The first-order chi connectivity index (χ1) is 12.0. The lowest BCUT2D eigenvalue weighted by Gasteiger charge is -2.20. The Balaban J connectivity index is 1.95. The molecule has 2 heterocycles. The van der Waals surface area contributed by atoms with E-state index in [4.69, 9.17) is 0 Å². The molecule has 1 saturated heterocycles. The Morgan fingerprint density at radius 3 is 2.46 bits per heavy atom. The summed E-state index contributed by atoms with van der Waals surface area (Å²) in [5, 5.41) is 9.29. The minimum atomic E-state index is -3.99. The Morgan fingerprint density at radius 1 is 1.27 bits per heavy atom. The van der Waals surface area contributed by atoms with Gasteiger partial charge in [-0.3, -0.25) is 14.4 Å². The molecule has 0 spiro atoms. The van der Waals surface area contributed by atoms with Crippen molar-refractivity contribution in [2.45, 2.75) is 38.1 Å². The first-order valence-electron chi connectivity index (χ1n) is 8.24. The summed E-state index contributed by atoms with van der Waals surface area (Å²) in [5.74, 6) is -2.01. The number of hydrogen-bond acceptors (Lipinski definition) is 5. The van der Waals surface area contributed by atoms with E-state index in [1.54, 1.807) is 20.8 Å². The van der Waals surface area contributed by atoms with Crippen molar-refractivity contribution in [3.8, 4) is 0 Å². The molecule has 1 aromatic carbocycles. The Morgan fingerprint density at radius 2 is 1.92 bits per heavy atom. The molecule has 2 amide bonds. The molecular weight excluding hydrogens is 360 g/mol. The highest BCUT2D eigenvalue weighted by Crippen LogP contribution is 2.34. The predicted molar refractivity (Wildman–Crippen MR) is 91.2 cm³/mol. The van der Waals surface area contributed by atoms with Crippen LogP contribution < -0.4 is 0 Å². The molecule has 1 N–H and O–H groups in total. The number of benzene rings is 1. The number of carbonyl (C=O) groups excluding carboxylic acids is 2. The van der Waals surface area contributed by atoms with Crippen molar-refractivity contribution in [3.63, 3.8) is 0 Å². The predicted octanol–water partition coefficient (Wildman–Crippen LogP) is 1.18. The zero-order chi connectivity index (χ0) is 19.4. The average Bonchev–Trinajstić information content (AvgIpc) is 3.04. The summed E-state index contributed by atoms with van der Waals surface area (Å²) in [6.07, 6.45) is 0.330. The zero-order valence-electron chi connectivity index (χ0n) is 14.7. The van der Waals surface area contributed by atoms with Gasteiger partial charge >= 0.3 is 5.97 Å². The van der Waals surface area contributed by atoms with E-state index in [1.165, 1.54) is 23.1 Å². The maximum atomic E-state index is 12.7. The van der Waals surface area contributed by atoms with Gasteiger partial charge in [0, 0.05) is 24.7 Å². The van der Waals surface area contributed by atoms with Crippen LogP contribution in [0.1, 0.15) is 47.9 Å². The molecule has 26 heavy (non-hydrogen) atoms. The van der Waals surface area contributed by atoms with Crippen LogP contribution in [0, 0.1) is 5.41 Å². The number of aliphatic carboxylic acids is 1. The smallest absolute Gasteiger partial charge is 0.311 e. The summed E-state index contributed by atoms with van der Waals surface area (Å²) in [6.45, 7) is 5.12. The molecule has 0 radical (unpaired) electrons. The highest BCUT2D eigenvalue weighted by molar-refractivity contribution is 7.90. The van der Waals surface area contributed by atoms with E-state index in [1.807, 2.05) is 0 Å². The number of hydrogen-bond donors (Lipinski definition) is 1. The van der Waals surface area contributed by atoms with E-state index in [0.29, 0.717) is 6.42 Å². The monoisotopic (exact) mass is 380 g/mol. The van der Waals surface area contributed by atoms with Gasteiger partial charge in [-0.25, -0.2) is 12.7 Å². The molecule has 0 aliphatic carbocycles. The standard InChI is InChI=1S/C17H20N2O6S/c1-10(2)19-15(21)12-5-4-11(8-13(12)26(19,24)25)14(20)18-7-6-17(3,9-18)16(22)23/h4-5,8,10H,6-7,9H2,1-3H3,(H,22,23).